The fourth-order valence-electron chi connectivity index (χ4n) is 1.75. The lowest BCUT2D eigenvalue weighted by Crippen LogP contribution is -2.24. The Bertz CT molecular complexity index is 466. The first-order valence-electron chi connectivity index (χ1n) is 5.85. The lowest BCUT2D eigenvalue weighted by Gasteiger charge is -2.13. The number of benzene rings is 1. The van der Waals surface area contributed by atoms with Crippen LogP contribution in [0.1, 0.15) is 30.0 Å². The third-order valence-electron chi connectivity index (χ3n) is 2.96. The van der Waals surface area contributed by atoms with Gasteiger partial charge in [-0.15, -0.1) is 0 Å². The summed E-state index contributed by atoms with van der Waals surface area (Å²) in [7, 11) is 1.64. The van der Waals surface area contributed by atoms with Crippen LogP contribution >= 0.6 is 0 Å². The molecule has 0 aliphatic carbocycles. The third kappa shape index (κ3) is 3.58. The Morgan fingerprint density at radius 2 is 1.89 bits per heavy atom. The minimum atomic E-state index is -0.240. The van der Waals surface area contributed by atoms with Crippen molar-refractivity contribution < 1.29 is 14.3 Å². The first-order chi connectivity index (χ1) is 8.45. The third-order valence-corrected chi connectivity index (χ3v) is 2.96. The fraction of sp³-hybridized carbons (Fsp3) is 0.429. The molecule has 18 heavy (non-hydrogen) atoms. The average molecular weight is 249 g/mol. The predicted octanol–water partition coefficient (Wildman–Crippen LogP) is 1.91. The number of hydrogen-bond acceptors (Lipinski definition) is 3. The Morgan fingerprint density at radius 3 is 2.44 bits per heavy atom. The Labute approximate surface area is 107 Å². The largest absolute Gasteiger partial charge is 0.496 e. The zero-order valence-electron chi connectivity index (χ0n) is 11.3. The van der Waals surface area contributed by atoms with Crippen molar-refractivity contribution in [2.75, 3.05) is 7.11 Å². The zero-order chi connectivity index (χ0) is 13.7. The number of Topliss-reactive ketones (excluding diaryl/α,β-unsaturated/α-hetero) is 1. The van der Waals surface area contributed by atoms with Gasteiger partial charge in [-0.1, -0.05) is 6.07 Å². The smallest absolute Gasteiger partial charge is 0.227 e. The van der Waals surface area contributed by atoms with Crippen LogP contribution in [0.5, 0.6) is 5.75 Å². The molecular formula is C14H19NO3. The number of carbonyl (C=O) groups is 2. The molecule has 0 aromatic heterocycles. The quantitative estimate of drug-likeness (QED) is 0.811. The van der Waals surface area contributed by atoms with Gasteiger partial charge in [0.25, 0.3) is 0 Å². The summed E-state index contributed by atoms with van der Waals surface area (Å²) in [4.78, 5) is 22.2. The van der Waals surface area contributed by atoms with E-state index in [1.807, 2.05) is 26.0 Å². The molecule has 0 saturated heterocycles. The summed E-state index contributed by atoms with van der Waals surface area (Å²) in [6.07, 6.45) is -0.0613. The van der Waals surface area contributed by atoms with E-state index >= 15 is 0 Å². The Kier molecular flexibility index (Phi) is 4.89. The van der Waals surface area contributed by atoms with Gasteiger partial charge in [-0.2, -0.15) is 0 Å². The summed E-state index contributed by atoms with van der Waals surface area (Å²) in [5, 5.41) is 2.74. The lowest BCUT2D eigenvalue weighted by atomic mass is 10.0. The number of hydrogen-bond donors (Lipinski definition) is 1. The Morgan fingerprint density at radius 1 is 1.22 bits per heavy atom. The molecule has 1 aromatic carbocycles. The van der Waals surface area contributed by atoms with Crippen LogP contribution in [-0.4, -0.2) is 18.8 Å². The molecule has 4 nitrogen and oxygen atoms in total. The van der Waals surface area contributed by atoms with Crippen LogP contribution in [0.25, 0.3) is 0 Å². The van der Waals surface area contributed by atoms with Crippen molar-refractivity contribution in [3.63, 3.8) is 0 Å². The molecule has 0 atom stereocenters. The van der Waals surface area contributed by atoms with Crippen LogP contribution in [0.2, 0.25) is 0 Å². The molecule has 98 valence electrons. The standard InChI is InChI=1S/C14H19NO3/c1-9(16)7-14(17)15-8-12-5-6-13(18-4)11(3)10(12)2/h5-6H,7-8H2,1-4H3,(H,15,17). The molecule has 0 radical (unpaired) electrons. The van der Waals surface area contributed by atoms with Gasteiger partial charge in [0.05, 0.1) is 13.5 Å². The minimum absolute atomic E-state index is 0.0613. The van der Waals surface area contributed by atoms with Crippen LogP contribution in [0.4, 0.5) is 0 Å². The number of ether oxygens (including phenoxy) is 1. The monoisotopic (exact) mass is 249 g/mol. The van der Waals surface area contributed by atoms with Gasteiger partial charge in [0, 0.05) is 6.54 Å². The van der Waals surface area contributed by atoms with Crippen LogP contribution < -0.4 is 10.1 Å². The van der Waals surface area contributed by atoms with Gasteiger partial charge in [0.15, 0.2) is 0 Å². The van der Waals surface area contributed by atoms with Crippen molar-refractivity contribution >= 4 is 11.7 Å². The number of amides is 1. The van der Waals surface area contributed by atoms with Crippen molar-refractivity contribution in [3.8, 4) is 5.75 Å². The number of nitrogens with one attached hydrogen (secondary N) is 1. The van der Waals surface area contributed by atoms with Gasteiger partial charge < -0.3 is 10.1 Å². The van der Waals surface area contributed by atoms with Gasteiger partial charge >= 0.3 is 0 Å². The van der Waals surface area contributed by atoms with E-state index in [1.165, 1.54) is 6.92 Å². The van der Waals surface area contributed by atoms with E-state index in [0.29, 0.717) is 6.54 Å². The van der Waals surface area contributed by atoms with E-state index < -0.39 is 0 Å². The first-order valence-corrected chi connectivity index (χ1v) is 5.85. The molecule has 0 aliphatic rings. The van der Waals surface area contributed by atoms with Gasteiger partial charge in [0.2, 0.25) is 5.91 Å². The highest BCUT2D eigenvalue weighted by Gasteiger charge is 2.09. The molecule has 0 fully saturated rings. The highest BCUT2D eigenvalue weighted by atomic mass is 16.5. The van der Waals surface area contributed by atoms with Crippen LogP contribution in [0.15, 0.2) is 12.1 Å². The maximum Gasteiger partial charge on any atom is 0.227 e. The summed E-state index contributed by atoms with van der Waals surface area (Å²) >= 11 is 0. The molecule has 0 unspecified atom stereocenters. The molecule has 1 N–H and O–H groups in total. The second-order valence-electron chi connectivity index (χ2n) is 4.33. The summed E-state index contributed by atoms with van der Waals surface area (Å²) < 4.78 is 5.23. The van der Waals surface area contributed by atoms with E-state index in [2.05, 4.69) is 5.32 Å². The normalized spacial score (nSPS) is 10.0. The molecule has 0 saturated carbocycles. The van der Waals surface area contributed by atoms with Crippen LogP contribution in [0.3, 0.4) is 0 Å². The Hall–Kier alpha value is -1.84. The van der Waals surface area contributed by atoms with E-state index in [4.69, 9.17) is 4.74 Å². The minimum Gasteiger partial charge on any atom is -0.496 e. The Balaban J connectivity index is 2.71. The summed E-state index contributed by atoms with van der Waals surface area (Å²) in [5.41, 5.74) is 3.19. The molecule has 0 heterocycles. The summed E-state index contributed by atoms with van der Waals surface area (Å²) in [6, 6.07) is 3.81. The number of carbonyl (C=O) groups excluding carboxylic acids is 2. The molecular weight excluding hydrogens is 230 g/mol. The van der Waals surface area contributed by atoms with Crippen molar-refractivity contribution in [2.24, 2.45) is 0 Å². The molecule has 0 aliphatic heterocycles. The van der Waals surface area contributed by atoms with Crippen LogP contribution in [-0.2, 0) is 16.1 Å². The fourth-order valence-corrected chi connectivity index (χ4v) is 1.75. The van der Waals surface area contributed by atoms with Gasteiger partial charge in [-0.3, -0.25) is 9.59 Å². The van der Waals surface area contributed by atoms with E-state index in [9.17, 15) is 9.59 Å². The lowest BCUT2D eigenvalue weighted by molar-refractivity contribution is -0.127. The number of ketones is 1. The van der Waals surface area contributed by atoms with Crippen molar-refractivity contribution in [1.29, 1.82) is 0 Å². The number of methoxy groups -OCH3 is 1. The highest BCUT2D eigenvalue weighted by Crippen LogP contribution is 2.23. The van der Waals surface area contributed by atoms with Crippen molar-refractivity contribution in [2.45, 2.75) is 33.7 Å². The molecule has 1 amide bonds. The van der Waals surface area contributed by atoms with Crippen LogP contribution in [0, 0.1) is 13.8 Å². The summed E-state index contributed by atoms with van der Waals surface area (Å²) in [6.45, 7) is 5.81. The zero-order valence-corrected chi connectivity index (χ0v) is 11.3. The first kappa shape index (κ1) is 14.2. The highest BCUT2D eigenvalue weighted by molar-refractivity contribution is 5.96. The maximum atomic E-state index is 11.4. The van der Waals surface area contributed by atoms with E-state index in [0.717, 1.165) is 22.4 Å². The van der Waals surface area contributed by atoms with E-state index in [1.54, 1.807) is 7.11 Å². The van der Waals surface area contributed by atoms with Gasteiger partial charge in [0.1, 0.15) is 11.5 Å². The predicted molar refractivity (Wildman–Crippen MR) is 69.6 cm³/mol. The van der Waals surface area contributed by atoms with Crippen molar-refractivity contribution in [1.82, 2.24) is 5.32 Å². The molecule has 0 bridgehead atoms. The SMILES string of the molecule is COc1ccc(CNC(=O)CC(C)=O)c(C)c1C. The second-order valence-corrected chi connectivity index (χ2v) is 4.33. The molecule has 0 spiro atoms. The van der Waals surface area contributed by atoms with Gasteiger partial charge in [-0.05, 0) is 43.5 Å². The molecule has 4 heteroatoms. The second kappa shape index (κ2) is 6.19. The molecule has 1 rings (SSSR count). The summed E-state index contributed by atoms with van der Waals surface area (Å²) in [5.74, 6) is 0.469. The molecule has 1 aromatic rings. The van der Waals surface area contributed by atoms with Crippen molar-refractivity contribution in [3.05, 3.63) is 28.8 Å². The average Bonchev–Trinajstić information content (AvgIpc) is 2.30. The number of rotatable bonds is 5. The van der Waals surface area contributed by atoms with E-state index in [-0.39, 0.29) is 18.1 Å². The van der Waals surface area contributed by atoms with Gasteiger partial charge in [-0.25, -0.2) is 0 Å². The maximum absolute atomic E-state index is 11.4. The topological polar surface area (TPSA) is 55.4 Å².